The third-order valence-corrected chi connectivity index (χ3v) is 3.32. The second-order valence-corrected chi connectivity index (χ2v) is 5.12. The van der Waals surface area contributed by atoms with Gasteiger partial charge in [0.15, 0.2) is 15.0 Å². The molecule has 1 aromatic rings. The molecule has 0 unspecified atom stereocenters. The highest BCUT2D eigenvalue weighted by atomic mass is 32.2. The third-order valence-electron chi connectivity index (χ3n) is 1.36. The second-order valence-electron chi connectivity index (χ2n) is 2.90. The summed E-state index contributed by atoms with van der Waals surface area (Å²) in [6, 6.07) is 4.06. The summed E-state index contributed by atoms with van der Waals surface area (Å²) in [5, 5.41) is 17.3. The average molecular weight is 251 g/mol. The van der Waals surface area contributed by atoms with Crippen LogP contribution in [0.1, 0.15) is 4.88 Å². The molecule has 0 aliphatic heterocycles. The van der Waals surface area contributed by atoms with Crippen LogP contribution in [-0.2, 0) is 0 Å². The Morgan fingerprint density at radius 1 is 1.56 bits per heavy atom. The zero-order valence-corrected chi connectivity index (χ0v) is 10.5. The van der Waals surface area contributed by atoms with Crippen LogP contribution in [0.4, 0.5) is 5.82 Å². The molecule has 0 aliphatic rings. The van der Waals surface area contributed by atoms with Gasteiger partial charge in [0.2, 0.25) is 0 Å². The number of nitrogens with zero attached hydrogens (tertiary/aromatic N) is 5. The fourth-order valence-corrected chi connectivity index (χ4v) is 2.32. The number of thiazole rings is 1. The summed E-state index contributed by atoms with van der Waals surface area (Å²) in [7, 11) is 3.68. The molecular weight excluding hydrogens is 242 g/mol. The van der Waals surface area contributed by atoms with Gasteiger partial charge < -0.3 is 4.90 Å². The van der Waals surface area contributed by atoms with E-state index in [1.807, 2.05) is 26.2 Å². The number of thioether (sulfide) groups is 1. The van der Waals surface area contributed by atoms with Gasteiger partial charge in [0.05, 0.1) is 18.2 Å². The number of rotatable bonds is 4. The highest BCUT2D eigenvalue weighted by molar-refractivity contribution is 8.01. The van der Waals surface area contributed by atoms with Crippen LogP contribution in [0.2, 0.25) is 0 Å². The van der Waals surface area contributed by atoms with Crippen molar-refractivity contribution in [2.24, 2.45) is 4.99 Å². The Bertz CT molecular complexity index is 463. The first-order valence-corrected chi connectivity index (χ1v) is 6.09. The van der Waals surface area contributed by atoms with Gasteiger partial charge in [-0.2, -0.15) is 10.5 Å². The molecule has 0 aromatic carbocycles. The van der Waals surface area contributed by atoms with Gasteiger partial charge >= 0.3 is 0 Å². The van der Waals surface area contributed by atoms with Crippen LogP contribution in [-0.4, -0.2) is 36.1 Å². The monoisotopic (exact) mass is 251 g/mol. The van der Waals surface area contributed by atoms with Crippen molar-refractivity contribution >= 4 is 35.3 Å². The lowest BCUT2D eigenvalue weighted by Crippen LogP contribution is -2.07. The molecular formula is C9H9N5S2. The van der Waals surface area contributed by atoms with E-state index in [0.29, 0.717) is 20.8 Å². The van der Waals surface area contributed by atoms with Gasteiger partial charge in [-0.25, -0.2) is 9.98 Å². The van der Waals surface area contributed by atoms with E-state index in [9.17, 15) is 0 Å². The largest absolute Gasteiger partial charge is 0.369 e. The predicted octanol–water partition coefficient (Wildman–Crippen LogP) is 1.85. The topological polar surface area (TPSA) is 76.1 Å². The molecule has 0 spiro atoms. The standard InChI is InChI=1S/C9H9N5S2/c1-14(2)6-12-8-7(5-11)16-9(13-8)15-4-3-10/h6H,4H2,1-2H3/b12-6-. The molecule has 0 radical (unpaired) electrons. The van der Waals surface area contributed by atoms with Crippen LogP contribution >= 0.6 is 23.1 Å². The van der Waals surface area contributed by atoms with Crippen molar-refractivity contribution in [3.63, 3.8) is 0 Å². The van der Waals surface area contributed by atoms with Gasteiger partial charge in [0.25, 0.3) is 0 Å². The van der Waals surface area contributed by atoms with E-state index in [1.165, 1.54) is 23.1 Å². The highest BCUT2D eigenvalue weighted by Crippen LogP contribution is 2.31. The Morgan fingerprint density at radius 2 is 2.31 bits per heavy atom. The van der Waals surface area contributed by atoms with E-state index in [-0.39, 0.29) is 0 Å². The van der Waals surface area contributed by atoms with Gasteiger partial charge in [0.1, 0.15) is 6.07 Å². The molecule has 0 bridgehead atoms. The molecule has 0 N–H and O–H groups in total. The maximum Gasteiger partial charge on any atom is 0.183 e. The smallest absolute Gasteiger partial charge is 0.183 e. The van der Waals surface area contributed by atoms with Crippen LogP contribution in [0.15, 0.2) is 9.33 Å². The molecule has 1 heterocycles. The Morgan fingerprint density at radius 3 is 2.88 bits per heavy atom. The van der Waals surface area contributed by atoms with E-state index >= 15 is 0 Å². The molecule has 0 aliphatic carbocycles. The fourth-order valence-electron chi connectivity index (χ4n) is 0.779. The van der Waals surface area contributed by atoms with Gasteiger partial charge in [-0.15, -0.1) is 0 Å². The lowest BCUT2D eigenvalue weighted by Gasteiger charge is -2.00. The summed E-state index contributed by atoms with van der Waals surface area (Å²) in [4.78, 5) is 10.5. The minimum absolute atomic E-state index is 0.329. The van der Waals surface area contributed by atoms with Crippen molar-refractivity contribution in [3.8, 4) is 12.1 Å². The zero-order chi connectivity index (χ0) is 12.0. The molecule has 0 amide bonds. The number of aliphatic imine (C=N–C) groups is 1. The van der Waals surface area contributed by atoms with Crippen molar-refractivity contribution in [1.29, 1.82) is 10.5 Å². The van der Waals surface area contributed by atoms with Gasteiger partial charge in [0, 0.05) is 14.1 Å². The molecule has 0 saturated carbocycles. The normalized spacial score (nSPS) is 10.0. The van der Waals surface area contributed by atoms with Crippen LogP contribution in [0.5, 0.6) is 0 Å². The summed E-state index contributed by atoms with van der Waals surface area (Å²) in [6.45, 7) is 0. The summed E-state index contributed by atoms with van der Waals surface area (Å²) < 4.78 is 0.698. The fraction of sp³-hybridized carbons (Fsp3) is 0.333. The summed E-state index contributed by atoms with van der Waals surface area (Å²) in [5.41, 5.74) is 0. The van der Waals surface area contributed by atoms with Crippen molar-refractivity contribution < 1.29 is 0 Å². The maximum absolute atomic E-state index is 8.88. The quantitative estimate of drug-likeness (QED) is 0.463. The minimum atomic E-state index is 0.329. The van der Waals surface area contributed by atoms with E-state index in [0.717, 1.165) is 0 Å². The molecule has 16 heavy (non-hydrogen) atoms. The first-order valence-electron chi connectivity index (χ1n) is 4.28. The molecule has 1 rings (SSSR count). The Kier molecular flexibility index (Phi) is 4.77. The van der Waals surface area contributed by atoms with Crippen LogP contribution in [0.3, 0.4) is 0 Å². The van der Waals surface area contributed by atoms with Crippen LogP contribution < -0.4 is 0 Å². The zero-order valence-electron chi connectivity index (χ0n) is 8.84. The Balaban J connectivity index is 2.88. The summed E-state index contributed by atoms with van der Waals surface area (Å²) in [5.74, 6) is 0.747. The van der Waals surface area contributed by atoms with E-state index < -0.39 is 0 Å². The van der Waals surface area contributed by atoms with Gasteiger partial charge in [-0.05, 0) is 0 Å². The Labute approximate surface area is 102 Å². The van der Waals surface area contributed by atoms with E-state index in [1.54, 1.807) is 11.2 Å². The van der Waals surface area contributed by atoms with Crippen LogP contribution in [0, 0.1) is 22.7 Å². The van der Waals surface area contributed by atoms with E-state index in [2.05, 4.69) is 9.98 Å². The third kappa shape index (κ3) is 3.54. The minimum Gasteiger partial charge on any atom is -0.369 e. The average Bonchev–Trinajstić information content (AvgIpc) is 2.66. The summed E-state index contributed by atoms with van der Waals surface area (Å²) >= 11 is 2.57. The van der Waals surface area contributed by atoms with Crippen molar-refractivity contribution in [2.45, 2.75) is 4.34 Å². The lowest BCUT2D eigenvalue weighted by atomic mass is 10.5. The number of nitriles is 2. The van der Waals surface area contributed by atoms with Crippen molar-refractivity contribution in [3.05, 3.63) is 4.88 Å². The molecule has 5 nitrogen and oxygen atoms in total. The van der Waals surface area contributed by atoms with Gasteiger partial charge in [-0.3, -0.25) is 0 Å². The van der Waals surface area contributed by atoms with Crippen LogP contribution in [0.25, 0.3) is 0 Å². The molecule has 1 aromatic heterocycles. The lowest BCUT2D eigenvalue weighted by molar-refractivity contribution is 0.643. The molecule has 0 fully saturated rings. The Hall–Kier alpha value is -1.57. The molecule has 7 heteroatoms. The molecule has 0 atom stereocenters. The number of hydrogen-bond acceptors (Lipinski definition) is 6. The van der Waals surface area contributed by atoms with Crippen molar-refractivity contribution in [1.82, 2.24) is 9.88 Å². The first kappa shape index (κ1) is 12.5. The first-order chi connectivity index (χ1) is 7.67. The van der Waals surface area contributed by atoms with Gasteiger partial charge in [-0.1, -0.05) is 23.1 Å². The second kappa shape index (κ2) is 6.11. The maximum atomic E-state index is 8.88. The SMILES string of the molecule is CN(C)/C=N\c1nc(SCC#N)sc1C#N. The van der Waals surface area contributed by atoms with E-state index in [4.69, 9.17) is 10.5 Å². The molecule has 82 valence electrons. The predicted molar refractivity (Wildman–Crippen MR) is 65.0 cm³/mol. The van der Waals surface area contributed by atoms with Crippen molar-refractivity contribution in [2.75, 3.05) is 19.8 Å². The number of aromatic nitrogens is 1. The summed E-state index contributed by atoms with van der Waals surface area (Å²) in [6.07, 6.45) is 1.59. The highest BCUT2D eigenvalue weighted by Gasteiger charge is 2.09. The number of hydrogen-bond donors (Lipinski definition) is 0. The molecule has 0 saturated heterocycles.